The Morgan fingerprint density at radius 1 is 1.20 bits per heavy atom. The second kappa shape index (κ2) is 6.43. The molecule has 0 bridgehead atoms. The highest BCUT2D eigenvalue weighted by Gasteiger charge is 2.60. The molecule has 25 heavy (non-hydrogen) atoms. The van der Waals surface area contributed by atoms with Crippen molar-refractivity contribution in [3.8, 4) is 0 Å². The molecule has 2 aromatic rings. The normalized spacial score (nSPS) is 25.6. The molecule has 2 heterocycles. The second-order valence-corrected chi connectivity index (χ2v) is 6.29. The predicted octanol–water partition coefficient (Wildman–Crippen LogP) is 3.05. The fourth-order valence-corrected chi connectivity index (χ4v) is 3.37. The van der Waals surface area contributed by atoms with E-state index in [1.54, 1.807) is 30.5 Å². The van der Waals surface area contributed by atoms with E-state index < -0.39 is 17.1 Å². The molecule has 130 valence electrons. The van der Waals surface area contributed by atoms with Gasteiger partial charge in [0.05, 0.1) is 5.69 Å². The SMILES string of the molecule is C=CC1(O)c2cccnc2N(c2ccccc2)C(=O)C1(O)CCCC. The zero-order valence-corrected chi connectivity index (χ0v) is 14.2. The summed E-state index contributed by atoms with van der Waals surface area (Å²) < 4.78 is 0. The molecule has 0 saturated carbocycles. The molecule has 0 fully saturated rings. The number of aliphatic hydroxyl groups is 2. The first-order chi connectivity index (χ1) is 12.0. The van der Waals surface area contributed by atoms with Crippen molar-refractivity contribution in [3.63, 3.8) is 0 Å². The van der Waals surface area contributed by atoms with E-state index in [0.29, 0.717) is 23.5 Å². The van der Waals surface area contributed by atoms with E-state index in [4.69, 9.17) is 0 Å². The standard InChI is InChI=1S/C20H22N2O3/c1-3-5-13-20(25)18(23)22(15-10-7-6-8-11-15)17-16(12-9-14-21-17)19(20,24)4-2/h4,6-12,14,24-25H,2-3,5,13H2,1H3. The number of rotatable bonds is 5. The third-order valence-electron chi connectivity index (χ3n) is 4.80. The van der Waals surface area contributed by atoms with Crippen molar-refractivity contribution in [2.75, 3.05) is 4.90 Å². The number of hydrogen-bond donors (Lipinski definition) is 2. The summed E-state index contributed by atoms with van der Waals surface area (Å²) in [6.07, 6.45) is 4.30. The minimum atomic E-state index is -2.00. The summed E-state index contributed by atoms with van der Waals surface area (Å²) in [6.45, 7) is 5.65. The minimum absolute atomic E-state index is 0.128. The van der Waals surface area contributed by atoms with E-state index in [9.17, 15) is 15.0 Å². The summed E-state index contributed by atoms with van der Waals surface area (Å²) in [5.41, 5.74) is -2.94. The van der Waals surface area contributed by atoms with Gasteiger partial charge in [-0.05, 0) is 24.6 Å². The van der Waals surface area contributed by atoms with Crippen LogP contribution in [0.4, 0.5) is 11.5 Å². The maximum atomic E-state index is 13.3. The molecule has 2 N–H and O–H groups in total. The van der Waals surface area contributed by atoms with Crippen molar-refractivity contribution in [1.82, 2.24) is 4.98 Å². The van der Waals surface area contributed by atoms with Gasteiger partial charge in [0.2, 0.25) is 0 Å². The minimum Gasteiger partial charge on any atom is -0.377 e. The third kappa shape index (κ3) is 2.47. The van der Waals surface area contributed by atoms with E-state index in [1.165, 1.54) is 11.0 Å². The number of anilines is 2. The smallest absolute Gasteiger partial charge is 0.268 e. The van der Waals surface area contributed by atoms with Gasteiger partial charge in [-0.25, -0.2) is 4.98 Å². The average Bonchev–Trinajstić information content (AvgIpc) is 2.66. The lowest BCUT2D eigenvalue weighted by molar-refractivity contribution is -0.169. The van der Waals surface area contributed by atoms with Gasteiger partial charge in [0.15, 0.2) is 5.60 Å². The highest BCUT2D eigenvalue weighted by atomic mass is 16.4. The van der Waals surface area contributed by atoms with Crippen LogP contribution in [-0.2, 0) is 10.4 Å². The van der Waals surface area contributed by atoms with Crippen LogP contribution in [0.1, 0.15) is 31.7 Å². The Labute approximate surface area is 147 Å². The van der Waals surface area contributed by atoms with E-state index in [0.717, 1.165) is 6.42 Å². The summed E-state index contributed by atoms with van der Waals surface area (Å²) in [5, 5.41) is 22.6. The van der Waals surface area contributed by atoms with E-state index in [2.05, 4.69) is 11.6 Å². The maximum absolute atomic E-state index is 13.3. The number of pyridine rings is 1. The average molecular weight is 338 g/mol. The Morgan fingerprint density at radius 2 is 1.92 bits per heavy atom. The molecule has 1 aromatic heterocycles. The molecule has 1 aromatic carbocycles. The second-order valence-electron chi connectivity index (χ2n) is 6.29. The van der Waals surface area contributed by atoms with Gasteiger partial charge in [0.1, 0.15) is 11.4 Å². The number of fused-ring (bicyclic) bond motifs is 1. The fourth-order valence-electron chi connectivity index (χ4n) is 3.37. The van der Waals surface area contributed by atoms with Crippen LogP contribution < -0.4 is 4.90 Å². The van der Waals surface area contributed by atoms with Crippen molar-refractivity contribution in [3.05, 3.63) is 66.9 Å². The predicted molar refractivity (Wildman–Crippen MR) is 96.4 cm³/mol. The molecular weight excluding hydrogens is 316 g/mol. The number of benzene rings is 1. The number of amides is 1. The number of carbonyl (C=O) groups excluding carboxylic acids is 1. The van der Waals surface area contributed by atoms with Crippen LogP contribution in [0, 0.1) is 0 Å². The van der Waals surface area contributed by atoms with Crippen LogP contribution in [0.2, 0.25) is 0 Å². The van der Waals surface area contributed by atoms with Gasteiger partial charge < -0.3 is 10.2 Å². The zero-order chi connectivity index (χ0) is 18.1. The zero-order valence-electron chi connectivity index (χ0n) is 14.2. The molecule has 0 spiro atoms. The Bertz CT molecular complexity index is 793. The molecule has 1 aliphatic rings. The van der Waals surface area contributed by atoms with Gasteiger partial charge in [-0.2, -0.15) is 0 Å². The van der Waals surface area contributed by atoms with Gasteiger partial charge in [-0.1, -0.05) is 56.7 Å². The van der Waals surface area contributed by atoms with Crippen LogP contribution in [-0.4, -0.2) is 26.7 Å². The van der Waals surface area contributed by atoms with Crippen LogP contribution in [0.5, 0.6) is 0 Å². The molecule has 0 aliphatic carbocycles. The van der Waals surface area contributed by atoms with Gasteiger partial charge >= 0.3 is 0 Å². The van der Waals surface area contributed by atoms with E-state index >= 15 is 0 Å². The van der Waals surface area contributed by atoms with Crippen LogP contribution in [0.15, 0.2) is 61.3 Å². The molecule has 1 aliphatic heterocycles. The molecular formula is C20H22N2O3. The first kappa shape index (κ1) is 17.3. The van der Waals surface area contributed by atoms with Crippen LogP contribution >= 0.6 is 0 Å². The Hall–Kier alpha value is -2.50. The van der Waals surface area contributed by atoms with Gasteiger partial charge in [0, 0.05) is 11.8 Å². The van der Waals surface area contributed by atoms with Gasteiger partial charge in [-0.3, -0.25) is 9.69 Å². The van der Waals surface area contributed by atoms with E-state index in [-0.39, 0.29) is 6.42 Å². The first-order valence-electron chi connectivity index (χ1n) is 8.43. The van der Waals surface area contributed by atoms with Crippen molar-refractivity contribution in [2.24, 2.45) is 0 Å². The molecule has 1 amide bonds. The quantitative estimate of drug-likeness (QED) is 0.822. The third-order valence-corrected chi connectivity index (χ3v) is 4.80. The summed E-state index contributed by atoms with van der Waals surface area (Å²) >= 11 is 0. The summed E-state index contributed by atoms with van der Waals surface area (Å²) in [6, 6.07) is 12.4. The van der Waals surface area contributed by atoms with Crippen molar-refractivity contribution in [2.45, 2.75) is 37.4 Å². The molecule has 2 atom stereocenters. The number of nitrogens with zero attached hydrogens (tertiary/aromatic N) is 2. The largest absolute Gasteiger partial charge is 0.377 e. The number of hydrogen-bond acceptors (Lipinski definition) is 4. The molecule has 2 unspecified atom stereocenters. The molecule has 0 radical (unpaired) electrons. The lowest BCUT2D eigenvalue weighted by Crippen LogP contribution is -2.64. The molecule has 5 nitrogen and oxygen atoms in total. The number of unbranched alkanes of at least 4 members (excludes halogenated alkanes) is 1. The van der Waals surface area contributed by atoms with Gasteiger partial charge in [-0.15, -0.1) is 0 Å². The number of aromatic nitrogens is 1. The molecule has 3 rings (SSSR count). The molecule has 5 heteroatoms. The number of para-hydroxylation sites is 1. The highest BCUT2D eigenvalue weighted by Crippen LogP contribution is 2.48. The topological polar surface area (TPSA) is 73.7 Å². The Kier molecular flexibility index (Phi) is 4.45. The van der Waals surface area contributed by atoms with Crippen LogP contribution in [0.25, 0.3) is 0 Å². The summed E-state index contributed by atoms with van der Waals surface area (Å²) in [4.78, 5) is 19.0. The lowest BCUT2D eigenvalue weighted by Gasteiger charge is -2.48. The monoisotopic (exact) mass is 338 g/mol. The van der Waals surface area contributed by atoms with E-state index in [1.807, 2.05) is 25.1 Å². The summed E-state index contributed by atoms with van der Waals surface area (Å²) in [7, 11) is 0. The van der Waals surface area contributed by atoms with Gasteiger partial charge in [0.25, 0.3) is 5.91 Å². The van der Waals surface area contributed by atoms with Crippen molar-refractivity contribution >= 4 is 17.4 Å². The number of carbonyl (C=O) groups is 1. The first-order valence-corrected chi connectivity index (χ1v) is 8.43. The lowest BCUT2D eigenvalue weighted by atomic mass is 9.71. The summed E-state index contributed by atoms with van der Waals surface area (Å²) in [5.74, 6) is -0.289. The Morgan fingerprint density at radius 3 is 2.56 bits per heavy atom. The van der Waals surface area contributed by atoms with Crippen molar-refractivity contribution < 1.29 is 15.0 Å². The fraction of sp³-hybridized carbons (Fsp3) is 0.300. The Balaban J connectivity index is 2.27. The van der Waals surface area contributed by atoms with Crippen LogP contribution in [0.3, 0.4) is 0 Å². The molecule has 0 saturated heterocycles. The maximum Gasteiger partial charge on any atom is 0.268 e. The van der Waals surface area contributed by atoms with Crippen molar-refractivity contribution in [1.29, 1.82) is 0 Å². The highest BCUT2D eigenvalue weighted by molar-refractivity contribution is 6.08.